The highest BCUT2D eigenvalue weighted by Gasteiger charge is 2.43. The average molecular weight is 259 g/mol. The second kappa shape index (κ2) is 4.39. The van der Waals surface area contributed by atoms with Crippen LogP contribution in [-0.2, 0) is 11.2 Å². The van der Waals surface area contributed by atoms with E-state index in [1.807, 2.05) is 6.07 Å². The lowest BCUT2D eigenvalue weighted by Crippen LogP contribution is -2.37. The Morgan fingerprint density at radius 2 is 2.21 bits per heavy atom. The molecule has 3 heteroatoms. The van der Waals surface area contributed by atoms with Crippen LogP contribution in [0.4, 0.5) is 0 Å². The summed E-state index contributed by atoms with van der Waals surface area (Å²) in [4.78, 5) is 12.5. The van der Waals surface area contributed by atoms with Gasteiger partial charge in [0.15, 0.2) is 0 Å². The van der Waals surface area contributed by atoms with Crippen molar-refractivity contribution < 1.29 is 9.21 Å². The molecular formula is C16H21NO2. The van der Waals surface area contributed by atoms with Gasteiger partial charge in [-0.1, -0.05) is 6.42 Å². The first kappa shape index (κ1) is 11.6. The van der Waals surface area contributed by atoms with E-state index >= 15 is 0 Å². The SMILES string of the molecule is O=C(N[C@H]1CCCc2occc21)[C@H]1C[C@H]2CC[C@H]1C2. The summed E-state index contributed by atoms with van der Waals surface area (Å²) in [6, 6.07) is 2.22. The largest absolute Gasteiger partial charge is 0.469 e. The van der Waals surface area contributed by atoms with Crippen molar-refractivity contribution in [3.63, 3.8) is 0 Å². The highest BCUT2D eigenvalue weighted by Crippen LogP contribution is 2.48. The standard InChI is InChI=1S/C16H21NO2/c18-16(13-9-10-4-5-11(13)8-10)17-14-2-1-3-15-12(14)6-7-19-15/h6-7,10-11,13-14H,1-5,8-9H2,(H,17,18)/t10-,11-,13-,14-/m0/s1. The number of furan rings is 1. The normalized spacial score (nSPS) is 36.2. The van der Waals surface area contributed by atoms with Crippen LogP contribution in [0.3, 0.4) is 0 Å². The number of aryl methyl sites for hydroxylation is 1. The first-order valence-corrected chi connectivity index (χ1v) is 7.68. The number of carbonyl (C=O) groups is 1. The molecule has 1 heterocycles. The Labute approximate surface area is 113 Å². The van der Waals surface area contributed by atoms with Crippen LogP contribution in [0.2, 0.25) is 0 Å². The van der Waals surface area contributed by atoms with E-state index in [0.717, 1.165) is 37.4 Å². The lowest BCUT2D eigenvalue weighted by Gasteiger charge is -2.27. The Hall–Kier alpha value is -1.25. The van der Waals surface area contributed by atoms with E-state index in [2.05, 4.69) is 5.32 Å². The van der Waals surface area contributed by atoms with Gasteiger partial charge in [-0.15, -0.1) is 0 Å². The third-order valence-corrected chi connectivity index (χ3v) is 5.44. The minimum absolute atomic E-state index is 0.189. The van der Waals surface area contributed by atoms with E-state index in [4.69, 9.17) is 4.42 Å². The molecule has 4 rings (SSSR count). The summed E-state index contributed by atoms with van der Waals surface area (Å²) in [5, 5.41) is 3.29. The van der Waals surface area contributed by atoms with E-state index in [-0.39, 0.29) is 12.0 Å². The van der Waals surface area contributed by atoms with Crippen LogP contribution in [0, 0.1) is 17.8 Å². The molecule has 1 aromatic rings. The van der Waals surface area contributed by atoms with Gasteiger partial charge in [0.25, 0.3) is 0 Å². The van der Waals surface area contributed by atoms with Gasteiger partial charge in [-0.2, -0.15) is 0 Å². The van der Waals surface area contributed by atoms with Gasteiger partial charge >= 0.3 is 0 Å². The third kappa shape index (κ3) is 1.90. The molecular weight excluding hydrogens is 238 g/mol. The summed E-state index contributed by atoms with van der Waals surface area (Å²) in [5.74, 6) is 3.15. The highest BCUT2D eigenvalue weighted by atomic mass is 16.3. The predicted molar refractivity (Wildman–Crippen MR) is 71.5 cm³/mol. The summed E-state index contributed by atoms with van der Waals surface area (Å²) in [5.41, 5.74) is 1.21. The van der Waals surface area contributed by atoms with Gasteiger partial charge in [0, 0.05) is 17.9 Å². The van der Waals surface area contributed by atoms with Crippen molar-refractivity contribution in [2.75, 3.05) is 0 Å². The van der Waals surface area contributed by atoms with E-state index in [1.165, 1.54) is 24.8 Å². The van der Waals surface area contributed by atoms with E-state index in [0.29, 0.717) is 11.8 Å². The first-order valence-electron chi connectivity index (χ1n) is 7.68. The van der Waals surface area contributed by atoms with Crippen molar-refractivity contribution in [2.45, 2.75) is 51.0 Å². The minimum atomic E-state index is 0.189. The zero-order valence-electron chi connectivity index (χ0n) is 11.2. The molecule has 3 nitrogen and oxygen atoms in total. The Bertz CT molecular complexity index is 493. The molecule has 2 fully saturated rings. The number of hydrogen-bond acceptors (Lipinski definition) is 2. The number of carbonyl (C=O) groups excluding carboxylic acids is 1. The van der Waals surface area contributed by atoms with E-state index in [1.54, 1.807) is 6.26 Å². The number of fused-ring (bicyclic) bond motifs is 3. The molecule has 0 saturated heterocycles. The molecule has 3 aliphatic rings. The molecule has 0 spiro atoms. The second-order valence-electron chi connectivity index (χ2n) is 6.53. The fraction of sp³-hybridized carbons (Fsp3) is 0.688. The molecule has 4 atom stereocenters. The average Bonchev–Trinajstić information content (AvgIpc) is 3.14. The van der Waals surface area contributed by atoms with Crippen molar-refractivity contribution in [3.8, 4) is 0 Å². The lowest BCUT2D eigenvalue weighted by molar-refractivity contribution is -0.127. The van der Waals surface area contributed by atoms with Gasteiger partial charge in [0.05, 0.1) is 12.3 Å². The summed E-state index contributed by atoms with van der Waals surface area (Å²) in [7, 11) is 0. The van der Waals surface area contributed by atoms with Crippen LogP contribution in [-0.4, -0.2) is 5.91 Å². The molecule has 102 valence electrons. The van der Waals surface area contributed by atoms with Gasteiger partial charge in [0.2, 0.25) is 5.91 Å². The van der Waals surface area contributed by atoms with Crippen LogP contribution in [0.25, 0.3) is 0 Å². The van der Waals surface area contributed by atoms with Crippen molar-refractivity contribution >= 4 is 5.91 Å². The molecule has 19 heavy (non-hydrogen) atoms. The van der Waals surface area contributed by atoms with Crippen molar-refractivity contribution in [2.24, 2.45) is 17.8 Å². The topological polar surface area (TPSA) is 42.2 Å². The summed E-state index contributed by atoms with van der Waals surface area (Å²) >= 11 is 0. The smallest absolute Gasteiger partial charge is 0.223 e. The predicted octanol–water partition coefficient (Wildman–Crippen LogP) is 3.21. The van der Waals surface area contributed by atoms with Crippen molar-refractivity contribution in [1.29, 1.82) is 0 Å². The highest BCUT2D eigenvalue weighted by molar-refractivity contribution is 5.80. The Balaban J connectivity index is 1.46. The third-order valence-electron chi connectivity index (χ3n) is 5.44. The van der Waals surface area contributed by atoms with Gasteiger partial charge in [0.1, 0.15) is 5.76 Å². The monoisotopic (exact) mass is 259 g/mol. The molecule has 2 bridgehead atoms. The van der Waals surface area contributed by atoms with E-state index < -0.39 is 0 Å². The van der Waals surface area contributed by atoms with E-state index in [9.17, 15) is 4.79 Å². The Kier molecular flexibility index (Phi) is 2.68. The number of hydrogen-bond donors (Lipinski definition) is 1. The summed E-state index contributed by atoms with van der Waals surface area (Å²) in [6.07, 6.45) is 9.98. The maximum atomic E-state index is 12.5. The van der Waals surface area contributed by atoms with Gasteiger partial charge < -0.3 is 9.73 Å². The number of rotatable bonds is 2. The molecule has 0 radical (unpaired) electrons. The summed E-state index contributed by atoms with van der Waals surface area (Å²) < 4.78 is 5.49. The molecule has 1 N–H and O–H groups in total. The van der Waals surface area contributed by atoms with Crippen LogP contribution in [0.1, 0.15) is 55.9 Å². The molecule has 0 aromatic carbocycles. The maximum Gasteiger partial charge on any atom is 0.223 e. The molecule has 3 aliphatic carbocycles. The van der Waals surface area contributed by atoms with Crippen molar-refractivity contribution in [3.05, 3.63) is 23.7 Å². The first-order chi connectivity index (χ1) is 9.31. The fourth-order valence-electron chi connectivity index (χ4n) is 4.48. The van der Waals surface area contributed by atoms with Crippen LogP contribution >= 0.6 is 0 Å². The van der Waals surface area contributed by atoms with Crippen LogP contribution in [0.15, 0.2) is 16.7 Å². The molecule has 1 amide bonds. The van der Waals surface area contributed by atoms with Gasteiger partial charge in [-0.05, 0) is 50.0 Å². The zero-order valence-corrected chi connectivity index (χ0v) is 11.2. The molecule has 0 aliphatic heterocycles. The molecule has 2 saturated carbocycles. The fourth-order valence-corrected chi connectivity index (χ4v) is 4.48. The Morgan fingerprint density at radius 3 is 3.00 bits per heavy atom. The molecule has 1 aromatic heterocycles. The quantitative estimate of drug-likeness (QED) is 0.886. The Morgan fingerprint density at radius 1 is 1.26 bits per heavy atom. The van der Waals surface area contributed by atoms with Gasteiger partial charge in [-0.25, -0.2) is 0 Å². The minimum Gasteiger partial charge on any atom is -0.469 e. The second-order valence-corrected chi connectivity index (χ2v) is 6.53. The van der Waals surface area contributed by atoms with Crippen LogP contribution < -0.4 is 5.32 Å². The zero-order chi connectivity index (χ0) is 12.8. The van der Waals surface area contributed by atoms with Crippen molar-refractivity contribution in [1.82, 2.24) is 5.32 Å². The number of amides is 1. The lowest BCUT2D eigenvalue weighted by atomic mass is 9.87. The molecule has 0 unspecified atom stereocenters. The number of nitrogens with one attached hydrogen (secondary N) is 1. The van der Waals surface area contributed by atoms with Crippen LogP contribution in [0.5, 0.6) is 0 Å². The van der Waals surface area contributed by atoms with Gasteiger partial charge in [-0.3, -0.25) is 4.79 Å². The summed E-state index contributed by atoms with van der Waals surface area (Å²) in [6.45, 7) is 0. The maximum absolute atomic E-state index is 12.5.